The summed E-state index contributed by atoms with van der Waals surface area (Å²) in [6.07, 6.45) is -7.80. The van der Waals surface area contributed by atoms with Crippen molar-refractivity contribution < 1.29 is 48.8 Å². The Morgan fingerprint density at radius 3 is 1.86 bits per heavy atom. The topological polar surface area (TPSA) is 73.9 Å². The van der Waals surface area contributed by atoms with E-state index in [1.54, 1.807) is 0 Å². The first-order valence-electron chi connectivity index (χ1n) is 12.1. The Labute approximate surface area is 255 Å². The molecule has 0 aromatic heterocycles. The van der Waals surface area contributed by atoms with Crippen molar-refractivity contribution in [2.24, 2.45) is 10.1 Å². The lowest BCUT2D eigenvalue weighted by molar-refractivity contribution is -0.138. The number of nitrogens with two attached hydrogens (primary N) is 1. The first kappa shape index (κ1) is 38.4. The highest BCUT2D eigenvalue weighted by atomic mass is 79.9. The third kappa shape index (κ3) is 11.5. The number of halogens is 10. The minimum atomic E-state index is -4.55. The molecular formula is C26H30BrClF8N2O3S. The highest BCUT2D eigenvalue weighted by molar-refractivity contribution is 9.10. The van der Waals surface area contributed by atoms with Crippen LogP contribution in [0.25, 0.3) is 0 Å². The second-order valence-corrected chi connectivity index (χ2v) is 12.9. The molecule has 2 aromatic rings. The van der Waals surface area contributed by atoms with Gasteiger partial charge in [0, 0.05) is 18.6 Å². The summed E-state index contributed by atoms with van der Waals surface area (Å²) >= 11 is 2.75. The molecule has 0 spiro atoms. The number of ether oxygens (including phenoxy) is 2. The van der Waals surface area contributed by atoms with Gasteiger partial charge in [0.1, 0.15) is 22.6 Å². The van der Waals surface area contributed by atoms with E-state index in [0.717, 1.165) is 43.0 Å². The summed E-state index contributed by atoms with van der Waals surface area (Å²) in [5, 5.41) is 0. The molecule has 2 fully saturated rings. The first-order chi connectivity index (χ1) is 18.7. The number of alkyl halides is 6. The molecule has 0 bridgehead atoms. The van der Waals surface area contributed by atoms with Gasteiger partial charge in [-0.15, -0.1) is 12.4 Å². The van der Waals surface area contributed by atoms with Crippen LogP contribution in [0, 0.1) is 11.6 Å². The normalized spacial score (nSPS) is 20.6. The minimum absolute atomic E-state index is 0. The second kappa shape index (κ2) is 15.4. The third-order valence-corrected chi connectivity index (χ3v) is 7.79. The van der Waals surface area contributed by atoms with Crippen LogP contribution in [-0.4, -0.2) is 41.1 Å². The molecule has 5 nitrogen and oxygen atoms in total. The monoisotopic (exact) mass is 716 g/mol. The predicted octanol–water partition coefficient (Wildman–Crippen LogP) is 7.76. The number of rotatable bonds is 2. The van der Waals surface area contributed by atoms with Gasteiger partial charge in [-0.3, -0.25) is 0 Å². The highest BCUT2D eigenvalue weighted by Gasteiger charge is 2.37. The molecule has 42 heavy (non-hydrogen) atoms. The average Bonchev–Trinajstić information content (AvgIpc) is 3.52. The van der Waals surface area contributed by atoms with Crippen LogP contribution >= 0.6 is 28.3 Å². The Balaban J connectivity index is 0.000000319. The average molecular weight is 718 g/mol. The summed E-state index contributed by atoms with van der Waals surface area (Å²) in [5.74, 6) is -1.85. The van der Waals surface area contributed by atoms with Gasteiger partial charge in [0.25, 0.3) is 0 Å². The van der Waals surface area contributed by atoms with Crippen molar-refractivity contribution in [3.8, 4) is 0 Å². The molecule has 2 aromatic carbocycles. The molecule has 16 heteroatoms. The Bertz CT molecular complexity index is 1240. The van der Waals surface area contributed by atoms with Gasteiger partial charge in [0.05, 0.1) is 51.4 Å². The zero-order valence-corrected chi connectivity index (χ0v) is 25.9. The summed E-state index contributed by atoms with van der Waals surface area (Å²) in [6.45, 7) is 7.54. The van der Waals surface area contributed by atoms with E-state index in [0.29, 0.717) is 31.8 Å². The lowest BCUT2D eigenvalue weighted by Gasteiger charge is -2.23. The van der Waals surface area contributed by atoms with Crippen molar-refractivity contribution in [2.75, 3.05) is 26.4 Å². The van der Waals surface area contributed by atoms with Gasteiger partial charge < -0.3 is 15.2 Å². The number of hydrogen-bond donors (Lipinski definition) is 1. The summed E-state index contributed by atoms with van der Waals surface area (Å²) in [7, 11) is -1.12. The van der Waals surface area contributed by atoms with E-state index in [4.69, 9.17) is 15.2 Å². The maximum absolute atomic E-state index is 13.6. The molecular weight excluding hydrogens is 688 g/mol. The molecule has 4 rings (SSSR count). The minimum Gasteiger partial charge on any atom is -0.379 e. The van der Waals surface area contributed by atoms with Crippen molar-refractivity contribution in [3.63, 3.8) is 0 Å². The summed E-state index contributed by atoms with van der Waals surface area (Å²) < 4.78 is 125. The first-order valence-corrected chi connectivity index (χ1v) is 14.0. The Morgan fingerprint density at radius 1 is 0.905 bits per heavy atom. The smallest absolute Gasteiger partial charge is 0.379 e. The molecule has 2 atom stereocenters. The third-order valence-electron chi connectivity index (χ3n) is 5.67. The standard InChI is InChI=1S/C11H11F4NO.C8H15NO2S.C7H3BrF4.ClH/c12-9-5-7(11(13,14)15)1-2-8(9)10(16)3-4-17-6-10;1-8(2,3)12(10)9-7-4-5-11-6-7;8-5-2-1-4(3-6(5)9)7(10,11)12;/h1-2,5H,3-4,6,16H2;4-6H2,1-3H3;1-3H;1H. The molecule has 0 aliphatic carbocycles. The van der Waals surface area contributed by atoms with E-state index in [-0.39, 0.29) is 33.8 Å². The van der Waals surface area contributed by atoms with Crippen molar-refractivity contribution in [3.05, 3.63) is 69.2 Å². The lowest BCUT2D eigenvalue weighted by atomic mass is 9.89. The highest BCUT2D eigenvalue weighted by Crippen LogP contribution is 2.35. The molecule has 2 N–H and O–H groups in total. The maximum Gasteiger partial charge on any atom is 0.416 e. The number of hydrogen-bond acceptors (Lipinski definition) is 4. The molecule has 2 aliphatic rings. The van der Waals surface area contributed by atoms with Gasteiger partial charge in [-0.25, -0.2) is 13.0 Å². The van der Waals surface area contributed by atoms with Crippen molar-refractivity contribution in [2.45, 2.75) is 56.3 Å². The zero-order chi connectivity index (χ0) is 31.2. The van der Waals surface area contributed by atoms with Crippen molar-refractivity contribution in [1.82, 2.24) is 0 Å². The van der Waals surface area contributed by atoms with Gasteiger partial charge in [0.2, 0.25) is 0 Å². The van der Waals surface area contributed by atoms with Gasteiger partial charge in [-0.05, 0) is 73.5 Å². The molecule has 2 heterocycles. The summed E-state index contributed by atoms with van der Waals surface area (Å²) in [6, 6.07) is 4.69. The largest absolute Gasteiger partial charge is 0.416 e. The summed E-state index contributed by atoms with van der Waals surface area (Å²) in [4.78, 5) is 0. The van der Waals surface area contributed by atoms with E-state index < -0.39 is 51.6 Å². The fourth-order valence-electron chi connectivity index (χ4n) is 3.34. The maximum atomic E-state index is 13.6. The number of benzene rings is 2. The molecule has 0 radical (unpaired) electrons. The van der Waals surface area contributed by atoms with Crippen molar-refractivity contribution >= 4 is 45.0 Å². The van der Waals surface area contributed by atoms with Crippen LogP contribution in [0.3, 0.4) is 0 Å². The Kier molecular flexibility index (Phi) is 14.0. The molecule has 0 amide bonds. The van der Waals surface area contributed by atoms with Gasteiger partial charge >= 0.3 is 12.4 Å². The van der Waals surface area contributed by atoms with E-state index in [1.807, 2.05) is 20.8 Å². The van der Waals surface area contributed by atoms with Crippen LogP contribution in [0.15, 0.2) is 45.3 Å². The molecule has 2 unspecified atom stereocenters. The van der Waals surface area contributed by atoms with Crippen molar-refractivity contribution in [1.29, 1.82) is 0 Å². The SMILES string of the molecule is CC(C)(C)S(=O)N=C1CCOC1.Cl.Fc1cc(C(F)(F)F)ccc1Br.NC1(c2ccc(C(F)(F)F)cc2F)CCOC1. The zero-order valence-electron chi connectivity index (χ0n) is 22.7. The van der Waals surface area contributed by atoms with E-state index >= 15 is 0 Å². The van der Waals surface area contributed by atoms with Crippen LogP contribution in [0.4, 0.5) is 35.1 Å². The molecule has 2 saturated heterocycles. The Hall–Kier alpha value is -1.65. The van der Waals surface area contributed by atoms with Gasteiger partial charge in [-0.1, -0.05) is 6.07 Å². The molecule has 2 aliphatic heterocycles. The quantitative estimate of drug-likeness (QED) is 0.323. The van der Waals surface area contributed by atoms with Crippen LogP contribution in [-0.2, 0) is 38.4 Å². The van der Waals surface area contributed by atoms with Crippen LogP contribution in [0.1, 0.15) is 50.3 Å². The second-order valence-electron chi connectivity index (χ2n) is 10.1. The van der Waals surface area contributed by atoms with E-state index in [1.165, 1.54) is 0 Å². The van der Waals surface area contributed by atoms with E-state index in [2.05, 4.69) is 20.3 Å². The fourth-order valence-corrected chi connectivity index (χ4v) is 4.24. The van der Waals surface area contributed by atoms with Crippen LogP contribution < -0.4 is 5.73 Å². The molecule has 238 valence electrons. The fraction of sp³-hybridized carbons (Fsp3) is 0.500. The van der Waals surface area contributed by atoms with Crippen LogP contribution in [0.2, 0.25) is 0 Å². The summed E-state index contributed by atoms with van der Waals surface area (Å²) in [5.41, 5.74) is 3.88. The van der Waals surface area contributed by atoms with Crippen LogP contribution in [0.5, 0.6) is 0 Å². The predicted molar refractivity (Wildman–Crippen MR) is 150 cm³/mol. The molecule has 0 saturated carbocycles. The lowest BCUT2D eigenvalue weighted by Crippen LogP contribution is -2.38. The van der Waals surface area contributed by atoms with Gasteiger partial charge in [-0.2, -0.15) is 30.7 Å². The number of nitrogens with zero attached hydrogens (tertiary/aromatic N) is 1. The Morgan fingerprint density at radius 2 is 1.45 bits per heavy atom. The van der Waals surface area contributed by atoms with E-state index in [9.17, 15) is 39.3 Å². The van der Waals surface area contributed by atoms with Gasteiger partial charge in [0.15, 0.2) is 0 Å².